The lowest BCUT2D eigenvalue weighted by Gasteiger charge is -2.36. The molecule has 1 fully saturated rings. The average molecular weight is 513 g/mol. The van der Waals surface area contributed by atoms with Crippen molar-refractivity contribution in [3.05, 3.63) is 95.8 Å². The van der Waals surface area contributed by atoms with Gasteiger partial charge in [0.25, 0.3) is 5.91 Å². The Morgan fingerprint density at radius 1 is 0.865 bits per heavy atom. The fourth-order valence-electron chi connectivity index (χ4n) is 5.64. The molecule has 1 N–H and O–H groups in total. The van der Waals surface area contributed by atoms with Crippen molar-refractivity contribution < 1.29 is 4.79 Å². The number of halogens is 1. The summed E-state index contributed by atoms with van der Waals surface area (Å²) in [5.41, 5.74) is 7.22. The van der Waals surface area contributed by atoms with E-state index in [2.05, 4.69) is 80.8 Å². The molecule has 1 amide bonds. The van der Waals surface area contributed by atoms with E-state index in [0.717, 1.165) is 64.1 Å². The zero-order valence-electron chi connectivity index (χ0n) is 21.0. The van der Waals surface area contributed by atoms with E-state index in [1.54, 1.807) is 0 Å². The largest absolute Gasteiger partial charge is 0.368 e. The lowest BCUT2D eigenvalue weighted by Crippen LogP contribution is -2.46. The fourth-order valence-corrected chi connectivity index (χ4v) is 5.64. The summed E-state index contributed by atoms with van der Waals surface area (Å²) in [4.78, 5) is 22.1. The lowest BCUT2D eigenvalue weighted by molar-refractivity contribution is 0.0952. The van der Waals surface area contributed by atoms with E-state index in [0.29, 0.717) is 0 Å². The van der Waals surface area contributed by atoms with Gasteiger partial charge in [-0.25, -0.2) is 0 Å². The third-order valence-corrected chi connectivity index (χ3v) is 7.62. The van der Waals surface area contributed by atoms with Crippen molar-refractivity contribution in [2.75, 3.05) is 44.2 Å². The van der Waals surface area contributed by atoms with E-state index >= 15 is 0 Å². The van der Waals surface area contributed by atoms with Crippen LogP contribution < -0.4 is 10.2 Å². The third kappa shape index (κ3) is 5.34. The van der Waals surface area contributed by atoms with E-state index in [1.165, 1.54) is 38.7 Å². The molecule has 0 atom stereocenters. The monoisotopic (exact) mass is 512 g/mol. The summed E-state index contributed by atoms with van der Waals surface area (Å²) in [7, 11) is 0. The minimum absolute atomic E-state index is 0. The van der Waals surface area contributed by atoms with Gasteiger partial charge in [-0.05, 0) is 77.7 Å². The first-order chi connectivity index (χ1) is 17.8. The number of carbonyl (C=O) groups is 1. The van der Waals surface area contributed by atoms with Crippen LogP contribution in [0.4, 0.5) is 5.69 Å². The van der Waals surface area contributed by atoms with Gasteiger partial charge in [-0.1, -0.05) is 42.5 Å². The van der Waals surface area contributed by atoms with Crippen LogP contribution in [0.25, 0.3) is 21.9 Å². The number of nitrogens with zero attached hydrogens (tertiary/aromatic N) is 3. The fraction of sp³-hybridized carbons (Fsp3) is 0.290. The van der Waals surface area contributed by atoms with Gasteiger partial charge in [0.05, 0.1) is 0 Å². The Hall–Kier alpha value is -3.41. The van der Waals surface area contributed by atoms with Crippen molar-refractivity contribution in [1.82, 2.24) is 15.2 Å². The number of amides is 1. The molecule has 1 saturated heterocycles. The van der Waals surface area contributed by atoms with Crippen LogP contribution in [0.5, 0.6) is 0 Å². The normalized spacial score (nSPS) is 14.6. The zero-order valence-corrected chi connectivity index (χ0v) is 21.8. The summed E-state index contributed by atoms with van der Waals surface area (Å²) >= 11 is 0. The molecule has 0 unspecified atom stereocenters. The quantitative estimate of drug-likeness (QED) is 0.290. The third-order valence-electron chi connectivity index (χ3n) is 7.62. The summed E-state index contributed by atoms with van der Waals surface area (Å²) in [5, 5.41) is 5.60. The smallest absolute Gasteiger partial charge is 0.251 e. The molecular weight excluding hydrogens is 480 g/mol. The molecular formula is C31H33ClN4O. The summed E-state index contributed by atoms with van der Waals surface area (Å²) in [6.45, 7) is 6.01. The highest BCUT2D eigenvalue weighted by Gasteiger charge is 2.20. The van der Waals surface area contributed by atoms with Gasteiger partial charge < -0.3 is 10.2 Å². The van der Waals surface area contributed by atoms with E-state index in [1.807, 2.05) is 18.5 Å². The first-order valence-electron chi connectivity index (χ1n) is 13.1. The van der Waals surface area contributed by atoms with Crippen LogP contribution in [0.1, 0.15) is 34.3 Å². The van der Waals surface area contributed by atoms with Gasteiger partial charge in [0, 0.05) is 61.8 Å². The highest BCUT2D eigenvalue weighted by Crippen LogP contribution is 2.36. The molecule has 4 aromatic rings. The minimum Gasteiger partial charge on any atom is -0.368 e. The number of benzene rings is 3. The van der Waals surface area contributed by atoms with Crippen LogP contribution >= 0.6 is 12.4 Å². The Labute approximate surface area is 224 Å². The Morgan fingerprint density at radius 2 is 1.70 bits per heavy atom. The molecule has 5 nitrogen and oxygen atoms in total. The van der Waals surface area contributed by atoms with Gasteiger partial charge in [0.1, 0.15) is 0 Å². The maximum absolute atomic E-state index is 12.7. The summed E-state index contributed by atoms with van der Waals surface area (Å²) in [6, 6.07) is 23.2. The Bertz CT molecular complexity index is 1390. The molecule has 0 radical (unpaired) electrons. The standard InChI is InChI=1S/C31H32N4O.ClH/c36-31(25-10-11-28-26(21-25)20-24-6-1-2-8-27(24)28)33-13-3-4-15-34-16-18-35(19-17-34)30-9-5-7-23-12-14-32-22-29(23)30;/h1-2,5-12,14,21-22H,3-4,13,15-20H2,(H,33,36);1H. The number of hydrogen-bond donors (Lipinski definition) is 1. The van der Waals surface area contributed by atoms with E-state index in [4.69, 9.17) is 0 Å². The van der Waals surface area contributed by atoms with Gasteiger partial charge in [-0.15, -0.1) is 12.4 Å². The maximum Gasteiger partial charge on any atom is 0.251 e. The van der Waals surface area contributed by atoms with Gasteiger partial charge in [0.2, 0.25) is 0 Å². The molecule has 6 heteroatoms. The van der Waals surface area contributed by atoms with Gasteiger partial charge in [-0.2, -0.15) is 0 Å². The van der Waals surface area contributed by atoms with Crippen molar-refractivity contribution in [3.63, 3.8) is 0 Å². The number of aromatic nitrogens is 1. The molecule has 0 saturated carbocycles. The molecule has 0 spiro atoms. The second-order valence-electron chi connectivity index (χ2n) is 9.87. The molecule has 2 aliphatic rings. The number of unbranched alkanes of at least 4 members (excludes halogenated alkanes) is 1. The van der Waals surface area contributed by atoms with Crippen LogP contribution in [-0.4, -0.2) is 55.1 Å². The summed E-state index contributed by atoms with van der Waals surface area (Å²) in [5.74, 6) is 0.0342. The number of rotatable bonds is 7. The van der Waals surface area contributed by atoms with Crippen molar-refractivity contribution in [3.8, 4) is 11.1 Å². The van der Waals surface area contributed by atoms with Crippen LogP contribution in [0, 0.1) is 0 Å². The Balaban J connectivity index is 0.00000280. The summed E-state index contributed by atoms with van der Waals surface area (Å²) in [6.07, 6.45) is 6.84. The number of pyridine rings is 1. The Kier molecular flexibility index (Phi) is 7.73. The van der Waals surface area contributed by atoms with Crippen molar-refractivity contribution in [2.45, 2.75) is 19.3 Å². The molecule has 37 heavy (non-hydrogen) atoms. The SMILES string of the molecule is Cl.O=C(NCCCCN1CCN(c2cccc3ccncc23)CC1)c1ccc2c(c1)Cc1ccccc1-2. The number of piperazine rings is 1. The zero-order chi connectivity index (χ0) is 24.3. The van der Waals surface area contributed by atoms with Gasteiger partial charge in [0.15, 0.2) is 0 Å². The molecule has 2 heterocycles. The summed E-state index contributed by atoms with van der Waals surface area (Å²) < 4.78 is 0. The number of carbonyl (C=O) groups excluding carboxylic acids is 1. The predicted octanol–water partition coefficient (Wildman–Crippen LogP) is 5.56. The molecule has 190 valence electrons. The van der Waals surface area contributed by atoms with Crippen molar-refractivity contribution >= 4 is 34.8 Å². The van der Waals surface area contributed by atoms with E-state index < -0.39 is 0 Å². The second-order valence-corrected chi connectivity index (χ2v) is 9.87. The molecule has 3 aromatic carbocycles. The second kappa shape index (κ2) is 11.3. The maximum atomic E-state index is 12.7. The van der Waals surface area contributed by atoms with Crippen molar-refractivity contribution in [1.29, 1.82) is 0 Å². The van der Waals surface area contributed by atoms with E-state index in [-0.39, 0.29) is 18.3 Å². The first-order valence-corrected chi connectivity index (χ1v) is 13.1. The first kappa shape index (κ1) is 25.2. The average Bonchev–Trinajstić information content (AvgIpc) is 3.31. The van der Waals surface area contributed by atoms with Crippen LogP contribution in [0.15, 0.2) is 79.1 Å². The topological polar surface area (TPSA) is 48.5 Å². The molecule has 0 bridgehead atoms. The highest BCUT2D eigenvalue weighted by molar-refractivity contribution is 5.96. The number of nitrogens with one attached hydrogen (secondary N) is 1. The Morgan fingerprint density at radius 3 is 2.59 bits per heavy atom. The molecule has 6 rings (SSSR count). The predicted molar refractivity (Wildman–Crippen MR) is 154 cm³/mol. The van der Waals surface area contributed by atoms with Gasteiger partial charge in [-0.3, -0.25) is 14.7 Å². The van der Waals surface area contributed by atoms with Crippen LogP contribution in [0.2, 0.25) is 0 Å². The minimum atomic E-state index is 0. The van der Waals surface area contributed by atoms with Gasteiger partial charge >= 0.3 is 0 Å². The number of anilines is 1. The molecule has 1 aromatic heterocycles. The number of fused-ring (bicyclic) bond motifs is 4. The molecule has 1 aliphatic carbocycles. The highest BCUT2D eigenvalue weighted by atomic mass is 35.5. The lowest BCUT2D eigenvalue weighted by atomic mass is 10.0. The van der Waals surface area contributed by atoms with Crippen LogP contribution in [0.3, 0.4) is 0 Å². The molecule has 1 aliphatic heterocycles. The van der Waals surface area contributed by atoms with Crippen LogP contribution in [-0.2, 0) is 6.42 Å². The van der Waals surface area contributed by atoms with Crippen molar-refractivity contribution in [2.24, 2.45) is 0 Å². The van der Waals surface area contributed by atoms with E-state index in [9.17, 15) is 4.79 Å². The number of hydrogen-bond acceptors (Lipinski definition) is 4.